The second kappa shape index (κ2) is 12.4. The third-order valence-electron chi connectivity index (χ3n) is 6.50. The first-order valence-corrected chi connectivity index (χ1v) is 14.0. The van der Waals surface area contributed by atoms with Gasteiger partial charge in [0.1, 0.15) is 0 Å². The Morgan fingerprint density at radius 3 is 1.93 bits per heavy atom. The van der Waals surface area contributed by atoms with Crippen LogP contribution in [0.5, 0.6) is 0 Å². The fraction of sp³-hybridized carbons (Fsp3) is 0.118. The maximum absolute atomic E-state index is 14.0. The summed E-state index contributed by atoms with van der Waals surface area (Å²) in [5.74, 6) is -2.07. The maximum Gasteiger partial charge on any atom is 0.343 e. The molecule has 0 bridgehead atoms. The van der Waals surface area contributed by atoms with Crippen molar-refractivity contribution in [3.05, 3.63) is 125 Å². The number of anilines is 3. The molecule has 1 heterocycles. The molecule has 3 amide bonds. The molecule has 0 fully saturated rings. The largest absolute Gasteiger partial charge is 0.421 e. The van der Waals surface area contributed by atoms with Gasteiger partial charge in [-0.15, -0.1) is 5.06 Å². The highest BCUT2D eigenvalue weighted by atomic mass is 35.5. The minimum absolute atomic E-state index is 0.00866. The van der Waals surface area contributed by atoms with Crippen molar-refractivity contribution in [1.82, 2.24) is 0 Å². The monoisotopic (exact) mass is 609 g/mol. The first-order chi connectivity index (χ1) is 21.0. The van der Waals surface area contributed by atoms with Crippen LogP contribution in [-0.4, -0.2) is 23.9 Å². The molecule has 0 radical (unpaired) electrons. The van der Waals surface area contributed by atoms with Gasteiger partial charge in [-0.25, -0.2) is 14.4 Å². The summed E-state index contributed by atoms with van der Waals surface area (Å²) in [6.07, 6.45) is 0. The predicted molar refractivity (Wildman–Crippen MR) is 169 cm³/mol. The molecule has 1 aliphatic heterocycles. The number of carbonyl (C=O) groups excluding carboxylic acids is 4. The van der Waals surface area contributed by atoms with Gasteiger partial charge in [-0.1, -0.05) is 60.1 Å². The SMILES string of the molecule is CC(C)(C)C(=O)ON1C(=O)/C(=C(\OC(=O)c2ccccc2)c2ccccc2)c2ccc(NC(=O)Nc3ccc(Cl)cc3)cc21. The Labute approximate surface area is 259 Å². The molecule has 5 rings (SSSR count). The number of urea groups is 1. The zero-order valence-corrected chi connectivity index (χ0v) is 24.8. The number of benzene rings is 4. The number of hydrogen-bond donors (Lipinski definition) is 2. The molecule has 4 aromatic rings. The number of amides is 3. The van der Waals surface area contributed by atoms with Gasteiger partial charge in [0.25, 0.3) is 5.91 Å². The van der Waals surface area contributed by atoms with Crippen LogP contribution in [0.25, 0.3) is 11.3 Å². The van der Waals surface area contributed by atoms with Crippen LogP contribution in [0.3, 0.4) is 0 Å². The number of esters is 1. The number of nitrogens with one attached hydrogen (secondary N) is 2. The van der Waals surface area contributed by atoms with E-state index in [1.165, 1.54) is 6.07 Å². The normalized spacial score (nSPS) is 13.5. The molecule has 9 nitrogen and oxygen atoms in total. The van der Waals surface area contributed by atoms with Crippen LogP contribution in [0.4, 0.5) is 21.9 Å². The zero-order chi connectivity index (χ0) is 31.4. The molecular formula is C34H28ClN3O6. The molecule has 0 unspecified atom stereocenters. The summed E-state index contributed by atoms with van der Waals surface area (Å²) in [6, 6.07) is 27.8. The Balaban J connectivity index is 1.57. The van der Waals surface area contributed by atoms with Gasteiger partial charge in [0.2, 0.25) is 0 Å². The van der Waals surface area contributed by atoms with E-state index in [-0.39, 0.29) is 22.6 Å². The molecule has 44 heavy (non-hydrogen) atoms. The van der Waals surface area contributed by atoms with Crippen molar-refractivity contribution < 1.29 is 28.8 Å². The number of fused-ring (bicyclic) bond motifs is 1. The predicted octanol–water partition coefficient (Wildman–Crippen LogP) is 7.56. The quantitative estimate of drug-likeness (QED) is 0.132. The highest BCUT2D eigenvalue weighted by Crippen LogP contribution is 2.43. The summed E-state index contributed by atoms with van der Waals surface area (Å²) in [7, 11) is 0. The molecule has 4 aromatic carbocycles. The van der Waals surface area contributed by atoms with E-state index in [0.717, 1.165) is 5.06 Å². The van der Waals surface area contributed by atoms with Crippen LogP contribution in [0, 0.1) is 5.41 Å². The first-order valence-electron chi connectivity index (χ1n) is 13.6. The average Bonchev–Trinajstić information content (AvgIpc) is 3.27. The van der Waals surface area contributed by atoms with Crippen molar-refractivity contribution in [2.75, 3.05) is 15.7 Å². The van der Waals surface area contributed by atoms with E-state index in [1.807, 2.05) is 0 Å². The summed E-state index contributed by atoms with van der Waals surface area (Å²) in [4.78, 5) is 58.6. The highest BCUT2D eigenvalue weighted by Gasteiger charge is 2.41. The van der Waals surface area contributed by atoms with Crippen LogP contribution in [0.15, 0.2) is 103 Å². The lowest BCUT2D eigenvalue weighted by molar-refractivity contribution is -0.157. The number of hydroxylamine groups is 1. The molecule has 222 valence electrons. The first kappa shape index (κ1) is 30.1. The van der Waals surface area contributed by atoms with Gasteiger partial charge >= 0.3 is 18.0 Å². The van der Waals surface area contributed by atoms with E-state index in [9.17, 15) is 19.2 Å². The van der Waals surface area contributed by atoms with Crippen LogP contribution >= 0.6 is 11.6 Å². The van der Waals surface area contributed by atoms with Crippen molar-refractivity contribution in [2.45, 2.75) is 20.8 Å². The summed E-state index contributed by atoms with van der Waals surface area (Å²) in [5.41, 5.74) is 1.15. The number of rotatable bonds is 6. The lowest BCUT2D eigenvalue weighted by atomic mass is 9.98. The third-order valence-corrected chi connectivity index (χ3v) is 6.75. The van der Waals surface area contributed by atoms with Gasteiger partial charge < -0.3 is 20.2 Å². The Kier molecular flexibility index (Phi) is 8.50. The standard InChI is InChI=1S/C34H28ClN3O6/c1-34(2,3)32(41)44-38-27-20-25(37-33(42)36-24-16-14-23(35)15-17-24)18-19-26(27)28(30(38)39)29(21-10-6-4-7-11-21)43-31(40)22-12-8-5-9-13-22/h4-20H,1-3H3,(H2,36,37,42)/b29-28-. The minimum atomic E-state index is -0.941. The number of hydrogen-bond acceptors (Lipinski definition) is 6. The van der Waals surface area contributed by atoms with E-state index >= 15 is 0 Å². The van der Waals surface area contributed by atoms with Crippen molar-refractivity contribution in [2.24, 2.45) is 5.41 Å². The number of nitrogens with zero attached hydrogens (tertiary/aromatic N) is 1. The van der Waals surface area contributed by atoms with E-state index in [1.54, 1.807) is 118 Å². The van der Waals surface area contributed by atoms with Gasteiger partial charge in [-0.3, -0.25) is 4.79 Å². The zero-order valence-electron chi connectivity index (χ0n) is 24.1. The lowest BCUT2D eigenvalue weighted by Crippen LogP contribution is -2.35. The summed E-state index contributed by atoms with van der Waals surface area (Å²) in [6.45, 7) is 4.97. The molecule has 1 aliphatic rings. The Hall–Kier alpha value is -5.41. The van der Waals surface area contributed by atoms with Crippen molar-refractivity contribution >= 4 is 63.9 Å². The molecular weight excluding hydrogens is 582 g/mol. The van der Waals surface area contributed by atoms with Crippen molar-refractivity contribution in [3.8, 4) is 0 Å². The molecule has 2 N–H and O–H groups in total. The Morgan fingerprint density at radius 1 is 0.750 bits per heavy atom. The van der Waals surface area contributed by atoms with Gasteiger partial charge in [-0.2, -0.15) is 0 Å². The van der Waals surface area contributed by atoms with Crippen LogP contribution < -0.4 is 15.7 Å². The van der Waals surface area contributed by atoms with Crippen LogP contribution in [0.1, 0.15) is 42.3 Å². The van der Waals surface area contributed by atoms with E-state index in [2.05, 4.69) is 10.6 Å². The number of halogens is 1. The molecule has 0 aliphatic carbocycles. The average molecular weight is 610 g/mol. The van der Waals surface area contributed by atoms with Crippen molar-refractivity contribution in [1.29, 1.82) is 0 Å². The second-order valence-corrected chi connectivity index (χ2v) is 11.3. The van der Waals surface area contributed by atoms with Gasteiger partial charge in [0.05, 0.1) is 22.2 Å². The summed E-state index contributed by atoms with van der Waals surface area (Å²) in [5, 5.41) is 6.81. The summed E-state index contributed by atoms with van der Waals surface area (Å²) < 4.78 is 5.89. The van der Waals surface area contributed by atoms with E-state index < -0.39 is 29.3 Å². The summed E-state index contributed by atoms with van der Waals surface area (Å²) >= 11 is 5.93. The van der Waals surface area contributed by atoms with Crippen LogP contribution in [0.2, 0.25) is 5.02 Å². The molecule has 0 aromatic heterocycles. The topological polar surface area (TPSA) is 114 Å². The number of carbonyl (C=O) groups is 4. The molecule has 0 atom stereocenters. The fourth-order valence-corrected chi connectivity index (χ4v) is 4.37. The second-order valence-electron chi connectivity index (χ2n) is 10.9. The minimum Gasteiger partial charge on any atom is -0.421 e. The third kappa shape index (κ3) is 6.63. The molecule has 0 spiro atoms. The maximum atomic E-state index is 14.0. The number of ether oxygens (including phenoxy) is 1. The van der Waals surface area contributed by atoms with Crippen LogP contribution in [-0.2, 0) is 19.2 Å². The highest BCUT2D eigenvalue weighted by molar-refractivity contribution is 6.37. The van der Waals surface area contributed by atoms with Crippen molar-refractivity contribution in [3.63, 3.8) is 0 Å². The van der Waals surface area contributed by atoms with Gasteiger partial charge in [-0.05, 0) is 75.4 Å². The van der Waals surface area contributed by atoms with Gasteiger partial charge in [0, 0.05) is 27.5 Å². The lowest BCUT2D eigenvalue weighted by Gasteiger charge is -2.22. The Bertz CT molecular complexity index is 1760. The smallest absolute Gasteiger partial charge is 0.343 e. The molecule has 0 saturated heterocycles. The fourth-order valence-electron chi connectivity index (χ4n) is 4.24. The van der Waals surface area contributed by atoms with Gasteiger partial charge in [0.15, 0.2) is 5.76 Å². The molecule has 10 heteroatoms. The Morgan fingerprint density at radius 2 is 1.32 bits per heavy atom. The van der Waals surface area contributed by atoms with E-state index in [4.69, 9.17) is 21.2 Å². The molecule has 0 saturated carbocycles. The van der Waals surface area contributed by atoms with E-state index in [0.29, 0.717) is 27.5 Å².